The van der Waals surface area contributed by atoms with Crippen molar-refractivity contribution in [1.82, 2.24) is 9.55 Å². The molecule has 4 rings (SSSR count). The van der Waals surface area contributed by atoms with Gasteiger partial charge >= 0.3 is 21.3 Å². The zero-order valence-corrected chi connectivity index (χ0v) is 23.0. The molecule has 20 nitrogen and oxygen atoms in total. The summed E-state index contributed by atoms with van der Waals surface area (Å²) in [5.74, 6) is -0.886. The molecule has 0 radical (unpaired) electrons. The Morgan fingerprint density at radius 1 is 1.00 bits per heavy atom. The molecule has 10 N–H and O–H groups in total. The SMILES string of the molecule is NC(=O)c1ccc[n+]([C@@H]2O[C@H](COP(=O)(O)OP(=O)(O)OC[C@H]3O[C@@H](n4ccc(N)nc4=O)[C@H](O)[C@@H]3O)[C@@H](O)[C@H]2O)c1. The highest BCUT2D eigenvalue weighted by Crippen LogP contribution is 2.60. The highest BCUT2D eigenvalue weighted by Gasteiger charge is 2.50. The molecule has 2 aromatic rings. The van der Waals surface area contributed by atoms with E-state index in [2.05, 4.69) is 18.3 Å². The Balaban J connectivity index is 1.32. The second-order valence-corrected chi connectivity index (χ2v) is 12.2. The van der Waals surface area contributed by atoms with Crippen LogP contribution in [0.15, 0.2) is 41.6 Å². The maximum atomic E-state index is 12.3. The molecule has 0 bridgehead atoms. The van der Waals surface area contributed by atoms with E-state index in [1.54, 1.807) is 0 Å². The third-order valence-corrected chi connectivity index (χ3v) is 8.81. The van der Waals surface area contributed by atoms with E-state index in [1.165, 1.54) is 35.2 Å². The van der Waals surface area contributed by atoms with Crippen molar-refractivity contribution < 1.29 is 71.5 Å². The minimum Gasteiger partial charge on any atom is -0.387 e. The first-order valence-corrected chi connectivity index (χ1v) is 14.9. The molecule has 2 unspecified atom stereocenters. The molecule has 2 fully saturated rings. The van der Waals surface area contributed by atoms with E-state index in [9.17, 15) is 48.9 Å². The second kappa shape index (κ2) is 12.5. The highest BCUT2D eigenvalue weighted by molar-refractivity contribution is 7.61. The van der Waals surface area contributed by atoms with Crippen LogP contribution in [0.5, 0.6) is 0 Å². The zero-order chi connectivity index (χ0) is 31.0. The summed E-state index contributed by atoms with van der Waals surface area (Å²) < 4.78 is 50.9. The number of aliphatic hydroxyl groups excluding tert-OH is 4. The summed E-state index contributed by atoms with van der Waals surface area (Å²) in [6.45, 7) is -1.87. The van der Waals surface area contributed by atoms with Gasteiger partial charge in [0.25, 0.3) is 12.1 Å². The minimum absolute atomic E-state index is 0.0613. The molecule has 42 heavy (non-hydrogen) atoms. The number of aromatic nitrogens is 3. The molecule has 2 aromatic heterocycles. The number of rotatable bonds is 11. The van der Waals surface area contributed by atoms with Crippen LogP contribution in [0, 0.1) is 0 Å². The number of hydrogen-bond donors (Lipinski definition) is 8. The van der Waals surface area contributed by atoms with Gasteiger partial charge in [-0.05, 0) is 12.1 Å². The Labute approximate surface area is 235 Å². The van der Waals surface area contributed by atoms with Crippen LogP contribution in [-0.2, 0) is 32.0 Å². The van der Waals surface area contributed by atoms with Crippen molar-refractivity contribution in [2.24, 2.45) is 5.73 Å². The molecule has 0 aliphatic carbocycles. The summed E-state index contributed by atoms with van der Waals surface area (Å²) in [4.78, 5) is 46.8. The van der Waals surface area contributed by atoms with Crippen LogP contribution in [0.2, 0.25) is 0 Å². The van der Waals surface area contributed by atoms with E-state index in [0.29, 0.717) is 0 Å². The summed E-state index contributed by atoms with van der Waals surface area (Å²) >= 11 is 0. The number of nitrogen functional groups attached to an aromatic ring is 1. The molecule has 0 aromatic carbocycles. The Morgan fingerprint density at radius 2 is 1.60 bits per heavy atom. The number of anilines is 1. The first-order valence-electron chi connectivity index (χ1n) is 11.9. The van der Waals surface area contributed by atoms with E-state index in [0.717, 1.165) is 10.8 Å². The number of carbonyl (C=O) groups is 1. The topological polar surface area (TPSA) is 310 Å². The average molecular weight is 640 g/mol. The Bertz CT molecular complexity index is 1460. The number of nitrogens with zero attached hydrogens (tertiary/aromatic N) is 3. The molecule has 232 valence electrons. The van der Waals surface area contributed by atoms with Crippen molar-refractivity contribution >= 4 is 27.4 Å². The number of nitrogens with two attached hydrogens (primary N) is 2. The molecule has 22 heteroatoms. The fourth-order valence-electron chi connectivity index (χ4n) is 4.14. The van der Waals surface area contributed by atoms with Crippen LogP contribution in [0.1, 0.15) is 22.8 Å². The first kappa shape index (κ1) is 32.2. The van der Waals surface area contributed by atoms with Crippen molar-refractivity contribution in [2.45, 2.75) is 49.1 Å². The zero-order valence-electron chi connectivity index (χ0n) is 21.2. The molecule has 1 amide bonds. The lowest BCUT2D eigenvalue weighted by atomic mass is 10.1. The summed E-state index contributed by atoms with van der Waals surface area (Å²) in [5.41, 5.74) is 9.77. The molecule has 10 atom stereocenters. The van der Waals surface area contributed by atoms with Crippen LogP contribution >= 0.6 is 15.6 Å². The van der Waals surface area contributed by atoms with Gasteiger partial charge in [0.1, 0.15) is 41.9 Å². The van der Waals surface area contributed by atoms with Crippen molar-refractivity contribution in [1.29, 1.82) is 0 Å². The number of amides is 1. The highest BCUT2D eigenvalue weighted by atomic mass is 31.3. The number of pyridine rings is 1. The van der Waals surface area contributed by atoms with Crippen LogP contribution in [0.4, 0.5) is 5.82 Å². The van der Waals surface area contributed by atoms with Gasteiger partial charge in [0.2, 0.25) is 0 Å². The van der Waals surface area contributed by atoms with Gasteiger partial charge in [-0.15, -0.1) is 0 Å². The maximum Gasteiger partial charge on any atom is 0.481 e. The molecule has 0 spiro atoms. The molecule has 2 saturated heterocycles. The third-order valence-electron chi connectivity index (χ3n) is 6.21. The fraction of sp³-hybridized carbons (Fsp3) is 0.500. The lowest BCUT2D eigenvalue weighted by molar-refractivity contribution is -0.765. The average Bonchev–Trinajstić information content (AvgIpc) is 3.35. The second-order valence-electron chi connectivity index (χ2n) is 9.15. The Morgan fingerprint density at radius 3 is 2.19 bits per heavy atom. The van der Waals surface area contributed by atoms with E-state index in [1.807, 2.05) is 0 Å². The van der Waals surface area contributed by atoms with Gasteiger partial charge in [-0.1, -0.05) is 0 Å². The molecular formula is C20H28N5O15P2+. The summed E-state index contributed by atoms with van der Waals surface area (Å²) in [5, 5.41) is 41.1. The van der Waals surface area contributed by atoms with Crippen LogP contribution < -0.4 is 21.7 Å². The normalized spacial score (nSPS) is 32.3. The maximum absolute atomic E-state index is 12.3. The van der Waals surface area contributed by atoms with E-state index in [4.69, 9.17) is 20.9 Å². The molecule has 4 heterocycles. The van der Waals surface area contributed by atoms with Gasteiger partial charge in [-0.3, -0.25) is 18.4 Å². The Kier molecular flexibility index (Phi) is 9.60. The lowest BCUT2D eigenvalue weighted by Gasteiger charge is -2.20. The first-order chi connectivity index (χ1) is 19.6. The van der Waals surface area contributed by atoms with Crippen LogP contribution in [0.3, 0.4) is 0 Å². The molecule has 2 aliphatic heterocycles. The van der Waals surface area contributed by atoms with Crippen LogP contribution in [-0.4, -0.2) is 95.5 Å². The summed E-state index contributed by atoms with van der Waals surface area (Å²) in [6, 6.07) is 4.04. The van der Waals surface area contributed by atoms with E-state index < -0.39 is 89.5 Å². The van der Waals surface area contributed by atoms with Crippen molar-refractivity contribution in [3.05, 3.63) is 52.8 Å². The lowest BCUT2D eigenvalue weighted by Crippen LogP contribution is -2.46. The van der Waals surface area contributed by atoms with Gasteiger partial charge in [0, 0.05) is 12.3 Å². The number of phosphoric acid groups is 2. The van der Waals surface area contributed by atoms with Crippen molar-refractivity contribution in [2.75, 3.05) is 18.9 Å². The Hall–Kier alpha value is -2.68. The monoisotopic (exact) mass is 640 g/mol. The molecular weight excluding hydrogens is 612 g/mol. The van der Waals surface area contributed by atoms with Crippen molar-refractivity contribution in [3.63, 3.8) is 0 Å². The van der Waals surface area contributed by atoms with Crippen molar-refractivity contribution in [3.8, 4) is 0 Å². The predicted molar refractivity (Wildman–Crippen MR) is 133 cm³/mol. The summed E-state index contributed by atoms with van der Waals surface area (Å²) in [6.07, 6.45) is -8.62. The minimum atomic E-state index is -5.39. The van der Waals surface area contributed by atoms with Crippen LogP contribution in [0.25, 0.3) is 0 Å². The van der Waals surface area contributed by atoms with E-state index in [-0.39, 0.29) is 11.4 Å². The third kappa shape index (κ3) is 7.26. The number of aliphatic hydroxyl groups is 4. The number of primary amides is 1. The standard InChI is InChI=1S/C20H27N5O15P2/c21-12-3-5-25(20(31)23-12)19-16(29)14(27)11(39-19)8-37-42(34,35)40-41(32,33)36-7-10-13(26)15(28)18(38-10)24-4-1-2-9(6-24)17(22)30/h1-6,10-11,13-16,18-19,26-29H,7-8H2,(H5-,21,22,23,30,31,32,33,34,35)/p+1/t10-,11-,13-,14-,15-,16-,18-,19-/m1/s1. The summed E-state index contributed by atoms with van der Waals surface area (Å²) in [7, 11) is -10.8. The van der Waals surface area contributed by atoms with Gasteiger partial charge < -0.3 is 51.2 Å². The fourth-order valence-corrected chi connectivity index (χ4v) is 6.23. The van der Waals surface area contributed by atoms with Gasteiger partial charge in [-0.2, -0.15) is 13.9 Å². The quantitative estimate of drug-likeness (QED) is 0.0869. The predicted octanol–water partition coefficient (Wildman–Crippen LogP) is -3.60. The number of hydrogen-bond acceptors (Lipinski definition) is 15. The largest absolute Gasteiger partial charge is 0.481 e. The number of ether oxygens (including phenoxy) is 2. The van der Waals surface area contributed by atoms with Gasteiger partial charge in [0.05, 0.1) is 13.2 Å². The number of carbonyl (C=O) groups excluding carboxylic acids is 1. The van der Waals surface area contributed by atoms with Gasteiger partial charge in [0.15, 0.2) is 24.7 Å². The number of phosphoric ester groups is 2. The van der Waals surface area contributed by atoms with E-state index >= 15 is 0 Å². The molecule has 0 saturated carbocycles. The molecule has 2 aliphatic rings. The van der Waals surface area contributed by atoms with Gasteiger partial charge in [-0.25, -0.2) is 13.9 Å². The smallest absolute Gasteiger partial charge is 0.387 e.